The third-order valence-electron chi connectivity index (χ3n) is 5.15. The first kappa shape index (κ1) is 19.1. The Hall–Kier alpha value is -3.90. The number of rotatable bonds is 4. The number of carbonyl (C=O) groups excluding carboxylic acids is 1. The summed E-state index contributed by atoms with van der Waals surface area (Å²) in [5.41, 5.74) is 3.98. The van der Waals surface area contributed by atoms with Crippen molar-refractivity contribution < 1.29 is 4.79 Å². The van der Waals surface area contributed by atoms with E-state index in [4.69, 9.17) is 0 Å². The van der Waals surface area contributed by atoms with E-state index in [1.54, 1.807) is 16.7 Å². The fourth-order valence-corrected chi connectivity index (χ4v) is 4.59. The molecule has 1 aliphatic rings. The van der Waals surface area contributed by atoms with Gasteiger partial charge in [-0.05, 0) is 17.2 Å². The van der Waals surface area contributed by atoms with Gasteiger partial charge in [-0.3, -0.25) is 14.2 Å². The number of hydrogen-bond donors (Lipinski definition) is 0. The summed E-state index contributed by atoms with van der Waals surface area (Å²) >= 11 is 1.31. The van der Waals surface area contributed by atoms with Crippen LogP contribution in [0.25, 0.3) is 6.08 Å². The predicted molar refractivity (Wildman–Crippen MR) is 122 cm³/mol. The van der Waals surface area contributed by atoms with Crippen LogP contribution in [0, 0.1) is 0 Å². The number of benzene rings is 3. The Labute approximate surface area is 182 Å². The minimum Gasteiger partial charge on any atom is -0.298 e. The topological polar surface area (TPSA) is 63.8 Å². The zero-order chi connectivity index (χ0) is 21.2. The third kappa shape index (κ3) is 3.58. The van der Waals surface area contributed by atoms with Crippen LogP contribution in [-0.4, -0.2) is 16.6 Å². The van der Waals surface area contributed by atoms with E-state index in [-0.39, 0.29) is 11.6 Å². The molecule has 0 saturated heterocycles. The quantitative estimate of drug-likeness (QED) is 0.473. The van der Waals surface area contributed by atoms with Gasteiger partial charge in [0, 0.05) is 11.1 Å². The molecule has 1 aromatic heterocycles. The fraction of sp³-hybridized carbons (Fsp3) is 0.0400. The summed E-state index contributed by atoms with van der Waals surface area (Å²) in [4.78, 5) is 24.9. The van der Waals surface area contributed by atoms with E-state index in [1.165, 1.54) is 11.3 Å². The Morgan fingerprint density at radius 3 is 2.13 bits per heavy atom. The molecule has 1 unspecified atom stereocenters. The first-order valence-electron chi connectivity index (χ1n) is 9.79. The fourth-order valence-electron chi connectivity index (χ4n) is 3.65. The minimum atomic E-state index is -0.362. The van der Waals surface area contributed by atoms with E-state index in [9.17, 15) is 9.59 Å². The lowest BCUT2D eigenvalue weighted by Gasteiger charge is -2.22. The van der Waals surface area contributed by atoms with Crippen molar-refractivity contribution in [1.82, 2.24) is 4.57 Å². The molecule has 0 spiro atoms. The molecule has 0 aliphatic carbocycles. The molecule has 0 bridgehead atoms. The first-order valence-corrected chi connectivity index (χ1v) is 10.6. The van der Waals surface area contributed by atoms with E-state index in [1.807, 2.05) is 78.9 Å². The largest absolute Gasteiger partial charge is 0.298 e. The lowest BCUT2D eigenvalue weighted by Crippen LogP contribution is -2.40. The van der Waals surface area contributed by atoms with Crippen molar-refractivity contribution in [3.05, 3.63) is 127 Å². The average molecular weight is 423 g/mol. The van der Waals surface area contributed by atoms with Gasteiger partial charge in [0.05, 0.1) is 10.2 Å². The van der Waals surface area contributed by atoms with Crippen LogP contribution in [0.5, 0.6) is 0 Å². The molecule has 0 amide bonds. The van der Waals surface area contributed by atoms with Crippen molar-refractivity contribution in [3.8, 4) is 0 Å². The summed E-state index contributed by atoms with van der Waals surface area (Å²) in [6.45, 7) is 0. The smallest absolute Gasteiger partial charge is 0.271 e. The van der Waals surface area contributed by atoms with Crippen molar-refractivity contribution in [2.24, 2.45) is 10.2 Å². The summed E-state index contributed by atoms with van der Waals surface area (Å²) in [5, 5.41) is 8.90. The highest BCUT2D eigenvalue weighted by Crippen LogP contribution is 2.23. The third-order valence-corrected chi connectivity index (χ3v) is 6.13. The van der Waals surface area contributed by atoms with Gasteiger partial charge in [-0.1, -0.05) is 96.3 Å². The second-order valence-electron chi connectivity index (χ2n) is 7.12. The van der Waals surface area contributed by atoms with E-state index >= 15 is 0 Å². The van der Waals surface area contributed by atoms with Gasteiger partial charge < -0.3 is 0 Å². The van der Waals surface area contributed by atoms with Crippen LogP contribution in [0.2, 0.25) is 0 Å². The number of nitrogens with zero attached hydrogens (tertiary/aromatic N) is 3. The van der Waals surface area contributed by atoms with E-state index in [0.717, 1.165) is 28.7 Å². The Bertz CT molecular complexity index is 1450. The highest BCUT2D eigenvalue weighted by Gasteiger charge is 2.28. The van der Waals surface area contributed by atoms with Gasteiger partial charge in [0.1, 0.15) is 12.3 Å². The number of carbonyl (C=O) groups is 1. The number of thiazole rings is 1. The maximum Gasteiger partial charge on any atom is 0.271 e. The van der Waals surface area contributed by atoms with Gasteiger partial charge in [-0.25, -0.2) is 0 Å². The molecule has 31 heavy (non-hydrogen) atoms. The molecule has 5 nitrogen and oxygen atoms in total. The lowest BCUT2D eigenvalue weighted by molar-refractivity contribution is 0.112. The SMILES string of the molecule is O=Cc1ccc(C=c2sc3n(c2=O)C(c2ccccc2)C(c2ccccc2)=NN=3)cc1. The van der Waals surface area contributed by atoms with E-state index in [2.05, 4.69) is 10.2 Å². The number of hydrogen-bond acceptors (Lipinski definition) is 5. The summed E-state index contributed by atoms with van der Waals surface area (Å²) in [6.07, 6.45) is 2.63. The first-order chi connectivity index (χ1) is 15.2. The highest BCUT2D eigenvalue weighted by atomic mass is 32.1. The van der Waals surface area contributed by atoms with E-state index in [0.29, 0.717) is 14.9 Å². The summed E-state index contributed by atoms with van der Waals surface area (Å²) in [5.74, 6) is 0. The molecular formula is C25H17N3O2S. The van der Waals surface area contributed by atoms with Gasteiger partial charge in [0.25, 0.3) is 5.56 Å². The van der Waals surface area contributed by atoms with Crippen molar-refractivity contribution in [3.63, 3.8) is 0 Å². The average Bonchev–Trinajstić information content (AvgIpc) is 3.15. The standard InChI is InChI=1S/C25H17N3O2S/c29-16-18-13-11-17(12-14-18)15-21-24(30)28-23(20-9-5-2-6-10-20)22(26-27-25(28)31-21)19-7-3-1-4-8-19/h1-16,23H. The van der Waals surface area contributed by atoms with Crippen molar-refractivity contribution >= 4 is 29.4 Å². The second-order valence-corrected chi connectivity index (χ2v) is 8.13. The Morgan fingerprint density at radius 1 is 0.806 bits per heavy atom. The number of fused-ring (bicyclic) bond motifs is 1. The van der Waals surface area contributed by atoms with Crippen LogP contribution >= 0.6 is 11.3 Å². The molecule has 1 atom stereocenters. The normalized spacial score (nSPS) is 15.7. The minimum absolute atomic E-state index is 0.111. The van der Waals surface area contributed by atoms with Gasteiger partial charge in [0.15, 0.2) is 0 Å². The Morgan fingerprint density at radius 2 is 1.45 bits per heavy atom. The van der Waals surface area contributed by atoms with Gasteiger partial charge in [-0.2, -0.15) is 0 Å². The van der Waals surface area contributed by atoms with E-state index < -0.39 is 0 Å². The molecular weight excluding hydrogens is 406 g/mol. The Balaban J connectivity index is 1.69. The molecule has 5 rings (SSSR count). The predicted octanol–water partition coefficient (Wildman–Crippen LogP) is 3.18. The second kappa shape index (κ2) is 8.08. The molecule has 150 valence electrons. The molecule has 0 saturated carbocycles. The van der Waals surface area contributed by atoms with Crippen LogP contribution in [0.1, 0.15) is 33.1 Å². The Kier molecular flexibility index (Phi) is 4.98. The molecule has 0 radical (unpaired) electrons. The van der Waals surface area contributed by atoms with Crippen LogP contribution in [0.3, 0.4) is 0 Å². The summed E-state index contributed by atoms with van der Waals surface area (Å²) in [6, 6.07) is 26.5. The maximum absolute atomic E-state index is 13.5. The van der Waals surface area contributed by atoms with Gasteiger partial charge in [-0.15, -0.1) is 10.2 Å². The molecule has 4 aromatic rings. The maximum atomic E-state index is 13.5. The monoisotopic (exact) mass is 423 g/mol. The molecule has 6 heteroatoms. The van der Waals surface area contributed by atoms with Crippen LogP contribution in [-0.2, 0) is 0 Å². The molecule has 2 heterocycles. The summed E-state index contributed by atoms with van der Waals surface area (Å²) < 4.78 is 2.30. The lowest BCUT2D eigenvalue weighted by atomic mass is 9.96. The van der Waals surface area contributed by atoms with Crippen molar-refractivity contribution in [2.45, 2.75) is 6.04 Å². The van der Waals surface area contributed by atoms with Crippen LogP contribution < -0.4 is 14.9 Å². The zero-order valence-electron chi connectivity index (χ0n) is 16.4. The summed E-state index contributed by atoms with van der Waals surface area (Å²) in [7, 11) is 0. The van der Waals surface area contributed by atoms with Crippen LogP contribution in [0.15, 0.2) is 99.9 Å². The molecule has 0 fully saturated rings. The highest BCUT2D eigenvalue weighted by molar-refractivity contribution is 7.07. The zero-order valence-corrected chi connectivity index (χ0v) is 17.2. The number of aldehydes is 1. The number of aromatic nitrogens is 1. The van der Waals surface area contributed by atoms with Crippen molar-refractivity contribution in [1.29, 1.82) is 0 Å². The van der Waals surface area contributed by atoms with Gasteiger partial charge in [0.2, 0.25) is 4.80 Å². The van der Waals surface area contributed by atoms with Gasteiger partial charge >= 0.3 is 0 Å². The van der Waals surface area contributed by atoms with Crippen LogP contribution in [0.4, 0.5) is 0 Å². The molecule has 1 aliphatic heterocycles. The molecule has 3 aromatic carbocycles. The molecule has 0 N–H and O–H groups in total. The van der Waals surface area contributed by atoms with Crippen molar-refractivity contribution in [2.75, 3.05) is 0 Å².